The lowest BCUT2D eigenvalue weighted by Gasteiger charge is -2.26. The minimum Gasteiger partial charge on any atom is -0.507 e. The van der Waals surface area contributed by atoms with Crippen LogP contribution in [0.1, 0.15) is 17.3 Å². The van der Waals surface area contributed by atoms with Crippen LogP contribution in [-0.4, -0.2) is 23.5 Å². The first kappa shape index (κ1) is 20.7. The van der Waals surface area contributed by atoms with Gasteiger partial charge in [-0.2, -0.15) is 0 Å². The number of rotatable bonds is 5. The van der Waals surface area contributed by atoms with E-state index >= 15 is 0 Å². The molecule has 148 valence electrons. The molecule has 0 unspecified atom stereocenters. The molecule has 2 aromatic rings. The second kappa shape index (κ2) is 8.99. The summed E-state index contributed by atoms with van der Waals surface area (Å²) in [6.07, 6.45) is 6.11. The molecule has 0 aliphatic carbocycles. The normalized spacial score (nSPS) is 14.7. The number of aromatic hydroxyl groups is 1. The number of allylic oxidation sites excluding steroid dienone is 3. The van der Waals surface area contributed by atoms with Crippen LogP contribution in [0.25, 0.3) is 0 Å². The SMILES string of the molecule is CCOC(=O)/C=C1\C=CC(C(=O)c2cc(Cl)ccc2O)=CN1c1ccc(Cl)cc1. The zero-order valence-electron chi connectivity index (χ0n) is 15.4. The van der Waals surface area contributed by atoms with Gasteiger partial charge in [-0.05, 0) is 61.5 Å². The lowest BCUT2D eigenvalue weighted by atomic mass is 10.00. The Labute approximate surface area is 178 Å². The van der Waals surface area contributed by atoms with E-state index in [4.69, 9.17) is 27.9 Å². The molecule has 1 N–H and O–H groups in total. The van der Waals surface area contributed by atoms with Gasteiger partial charge >= 0.3 is 5.97 Å². The van der Waals surface area contributed by atoms with E-state index in [1.54, 1.807) is 54.4 Å². The molecule has 0 bridgehead atoms. The quantitative estimate of drug-likeness (QED) is 0.397. The summed E-state index contributed by atoms with van der Waals surface area (Å²) >= 11 is 11.9. The Bertz CT molecular complexity index is 1040. The van der Waals surface area contributed by atoms with Crippen molar-refractivity contribution in [1.82, 2.24) is 0 Å². The molecule has 3 rings (SSSR count). The standard InChI is InChI=1S/C22H17Cl2NO4/c1-2-29-21(27)12-18-7-3-14(13-25(18)17-8-4-15(23)5-9-17)22(28)19-11-16(24)6-10-20(19)26/h3-13,26H,2H2,1H3/b18-12+. The minimum atomic E-state index is -0.498. The molecule has 0 saturated carbocycles. The monoisotopic (exact) mass is 429 g/mol. The van der Waals surface area contributed by atoms with Gasteiger partial charge in [0.1, 0.15) is 5.75 Å². The number of hydrogen-bond acceptors (Lipinski definition) is 5. The first-order valence-electron chi connectivity index (χ1n) is 8.75. The molecule has 5 nitrogen and oxygen atoms in total. The molecule has 0 amide bonds. The highest BCUT2D eigenvalue weighted by Gasteiger charge is 2.21. The Kier molecular flexibility index (Phi) is 6.42. The van der Waals surface area contributed by atoms with Crippen LogP contribution in [0.5, 0.6) is 5.75 Å². The molecule has 1 heterocycles. The number of Topliss-reactive ketones (excluding diaryl/α,β-unsaturated/α-hetero) is 1. The van der Waals surface area contributed by atoms with Gasteiger partial charge in [-0.15, -0.1) is 0 Å². The third-order valence-electron chi connectivity index (χ3n) is 4.10. The topological polar surface area (TPSA) is 66.8 Å². The number of benzene rings is 2. The van der Waals surface area contributed by atoms with Crippen molar-refractivity contribution in [2.24, 2.45) is 0 Å². The molecule has 1 aliphatic rings. The molecule has 0 radical (unpaired) electrons. The number of phenolic OH excluding ortho intramolecular Hbond substituents is 1. The zero-order chi connectivity index (χ0) is 21.0. The van der Waals surface area contributed by atoms with E-state index in [9.17, 15) is 14.7 Å². The zero-order valence-corrected chi connectivity index (χ0v) is 16.9. The third-order valence-corrected chi connectivity index (χ3v) is 4.59. The molecule has 29 heavy (non-hydrogen) atoms. The second-order valence-corrected chi connectivity index (χ2v) is 6.95. The van der Waals surface area contributed by atoms with Crippen molar-refractivity contribution in [2.45, 2.75) is 6.92 Å². The Balaban J connectivity index is 2.02. The summed E-state index contributed by atoms with van der Waals surface area (Å²) in [6.45, 7) is 1.97. The summed E-state index contributed by atoms with van der Waals surface area (Å²) < 4.78 is 4.99. The fourth-order valence-electron chi connectivity index (χ4n) is 2.74. The van der Waals surface area contributed by atoms with Crippen molar-refractivity contribution in [3.8, 4) is 5.75 Å². The van der Waals surface area contributed by atoms with Gasteiger partial charge in [0.05, 0.1) is 17.9 Å². The third kappa shape index (κ3) is 4.88. The predicted molar refractivity (Wildman–Crippen MR) is 113 cm³/mol. The highest BCUT2D eigenvalue weighted by molar-refractivity contribution is 6.31. The first-order valence-corrected chi connectivity index (χ1v) is 9.51. The van der Waals surface area contributed by atoms with Gasteiger partial charge in [0.25, 0.3) is 0 Å². The Hall–Kier alpha value is -3.02. The van der Waals surface area contributed by atoms with Crippen LogP contribution in [0, 0.1) is 0 Å². The number of ether oxygens (including phenoxy) is 1. The van der Waals surface area contributed by atoms with E-state index in [0.29, 0.717) is 27.0 Å². The van der Waals surface area contributed by atoms with Gasteiger partial charge in [0, 0.05) is 33.6 Å². The summed E-state index contributed by atoms with van der Waals surface area (Å²) in [5.41, 5.74) is 1.59. The van der Waals surface area contributed by atoms with Crippen molar-refractivity contribution in [1.29, 1.82) is 0 Å². The van der Waals surface area contributed by atoms with Crippen LogP contribution in [0.3, 0.4) is 0 Å². The summed E-state index contributed by atoms with van der Waals surface area (Å²) in [5.74, 6) is -1.07. The van der Waals surface area contributed by atoms with E-state index in [1.807, 2.05) is 0 Å². The van der Waals surface area contributed by atoms with Crippen LogP contribution < -0.4 is 4.90 Å². The number of halogens is 2. The lowest BCUT2D eigenvalue weighted by Crippen LogP contribution is -2.21. The number of anilines is 1. The smallest absolute Gasteiger partial charge is 0.332 e. The number of carbonyl (C=O) groups excluding carboxylic acids is 2. The van der Waals surface area contributed by atoms with Crippen LogP contribution in [-0.2, 0) is 9.53 Å². The molecule has 0 atom stereocenters. The molecule has 0 spiro atoms. The molecule has 0 saturated heterocycles. The number of hydrogen-bond donors (Lipinski definition) is 1. The molecule has 1 aliphatic heterocycles. The predicted octanol–water partition coefficient (Wildman–Crippen LogP) is 5.29. The van der Waals surface area contributed by atoms with Gasteiger partial charge in [-0.25, -0.2) is 4.79 Å². The number of phenols is 1. The minimum absolute atomic E-state index is 0.0854. The average Bonchev–Trinajstić information content (AvgIpc) is 2.70. The summed E-state index contributed by atoms with van der Waals surface area (Å²) in [5, 5.41) is 10.9. The highest BCUT2D eigenvalue weighted by Crippen LogP contribution is 2.30. The number of nitrogens with zero attached hydrogens (tertiary/aromatic N) is 1. The summed E-state index contributed by atoms with van der Waals surface area (Å²) in [4.78, 5) is 26.6. The maximum absolute atomic E-state index is 12.9. The molecular weight excluding hydrogens is 413 g/mol. The molecule has 0 aromatic heterocycles. The van der Waals surface area contributed by atoms with Crippen molar-refractivity contribution < 1.29 is 19.4 Å². The Morgan fingerprint density at radius 1 is 1.07 bits per heavy atom. The van der Waals surface area contributed by atoms with E-state index in [0.717, 1.165) is 0 Å². The van der Waals surface area contributed by atoms with E-state index < -0.39 is 11.8 Å². The van der Waals surface area contributed by atoms with Crippen molar-refractivity contribution in [3.63, 3.8) is 0 Å². The van der Waals surface area contributed by atoms with Crippen molar-refractivity contribution in [3.05, 3.63) is 93.8 Å². The number of ketones is 1. The first-order chi connectivity index (χ1) is 13.9. The average molecular weight is 430 g/mol. The van der Waals surface area contributed by atoms with Gasteiger partial charge < -0.3 is 14.7 Å². The van der Waals surface area contributed by atoms with Crippen LogP contribution >= 0.6 is 23.2 Å². The van der Waals surface area contributed by atoms with Crippen molar-refractivity contribution >= 4 is 40.6 Å². The number of carbonyl (C=O) groups is 2. The maximum Gasteiger partial charge on any atom is 0.332 e. The van der Waals surface area contributed by atoms with Crippen LogP contribution in [0.15, 0.2) is 78.2 Å². The van der Waals surface area contributed by atoms with E-state index in [-0.39, 0.29) is 17.9 Å². The fraction of sp³-hybridized carbons (Fsp3) is 0.0909. The highest BCUT2D eigenvalue weighted by atomic mass is 35.5. The Morgan fingerprint density at radius 3 is 2.45 bits per heavy atom. The van der Waals surface area contributed by atoms with Gasteiger partial charge in [0.2, 0.25) is 0 Å². The maximum atomic E-state index is 12.9. The largest absolute Gasteiger partial charge is 0.507 e. The number of esters is 1. The molecule has 0 fully saturated rings. The van der Waals surface area contributed by atoms with Crippen LogP contribution in [0.2, 0.25) is 10.0 Å². The summed E-state index contributed by atoms with van der Waals surface area (Å²) in [6, 6.07) is 11.2. The van der Waals surface area contributed by atoms with Crippen molar-refractivity contribution in [2.75, 3.05) is 11.5 Å². The van der Waals surface area contributed by atoms with E-state index in [1.165, 1.54) is 24.3 Å². The van der Waals surface area contributed by atoms with Gasteiger partial charge in [0.15, 0.2) is 5.78 Å². The summed E-state index contributed by atoms with van der Waals surface area (Å²) in [7, 11) is 0. The van der Waals surface area contributed by atoms with Crippen LogP contribution in [0.4, 0.5) is 5.69 Å². The molecular formula is C22H17Cl2NO4. The fourth-order valence-corrected chi connectivity index (χ4v) is 3.04. The lowest BCUT2D eigenvalue weighted by molar-refractivity contribution is -0.137. The van der Waals surface area contributed by atoms with Gasteiger partial charge in [-0.3, -0.25) is 4.79 Å². The molecule has 2 aromatic carbocycles. The van der Waals surface area contributed by atoms with Gasteiger partial charge in [-0.1, -0.05) is 23.2 Å². The molecule has 7 heteroatoms. The van der Waals surface area contributed by atoms with E-state index in [2.05, 4.69) is 0 Å². The Morgan fingerprint density at radius 2 is 1.76 bits per heavy atom. The second-order valence-electron chi connectivity index (χ2n) is 6.08.